The van der Waals surface area contributed by atoms with Crippen molar-refractivity contribution in [3.63, 3.8) is 0 Å². The Morgan fingerprint density at radius 1 is 1.27 bits per heavy atom. The minimum Gasteiger partial charge on any atom is -0.407 e. The maximum Gasteiger partial charge on any atom is 0.193 e. The standard InChI is InChI=1S/C16H30O4SSi/c1-9-10-13(18)15(21-12(3)17)14(19)11(2)20-22(7,8)16(4,5)6/h9-11,13,15,18H,1-8H3/b10-9+/t11-,13-,15-/m0/s1. The molecule has 128 valence electrons. The fourth-order valence-corrected chi connectivity index (χ4v) is 3.93. The number of Topliss-reactive ketones (excluding diaryl/α,β-unsaturated/α-hetero) is 1. The summed E-state index contributed by atoms with van der Waals surface area (Å²) >= 11 is 0.863. The monoisotopic (exact) mass is 346 g/mol. The van der Waals surface area contributed by atoms with Crippen LogP contribution in [0, 0.1) is 0 Å². The van der Waals surface area contributed by atoms with E-state index in [9.17, 15) is 14.7 Å². The first-order valence-corrected chi connectivity index (χ1v) is 11.3. The quantitative estimate of drug-likeness (QED) is 0.564. The third kappa shape index (κ3) is 6.36. The molecule has 0 aliphatic heterocycles. The van der Waals surface area contributed by atoms with Crippen LogP contribution in [0.3, 0.4) is 0 Å². The number of hydrogen-bond donors (Lipinski definition) is 1. The van der Waals surface area contributed by atoms with Crippen molar-refractivity contribution < 1.29 is 19.1 Å². The van der Waals surface area contributed by atoms with Gasteiger partial charge in [-0.3, -0.25) is 9.59 Å². The number of thioether (sulfide) groups is 1. The third-order valence-corrected chi connectivity index (χ3v) is 9.60. The normalized spacial score (nSPS) is 17.3. The average molecular weight is 347 g/mol. The van der Waals surface area contributed by atoms with Gasteiger partial charge in [-0.1, -0.05) is 44.7 Å². The van der Waals surface area contributed by atoms with Crippen LogP contribution in [-0.2, 0) is 14.0 Å². The summed E-state index contributed by atoms with van der Waals surface area (Å²) in [6.07, 6.45) is 1.57. The lowest BCUT2D eigenvalue weighted by Gasteiger charge is -2.38. The smallest absolute Gasteiger partial charge is 0.193 e. The van der Waals surface area contributed by atoms with E-state index in [1.807, 2.05) is 0 Å². The summed E-state index contributed by atoms with van der Waals surface area (Å²) in [6.45, 7) is 15.3. The first-order valence-electron chi connectivity index (χ1n) is 7.53. The number of ketones is 1. The predicted molar refractivity (Wildman–Crippen MR) is 95.6 cm³/mol. The van der Waals surface area contributed by atoms with E-state index in [2.05, 4.69) is 33.9 Å². The van der Waals surface area contributed by atoms with Crippen molar-refractivity contribution in [3.05, 3.63) is 12.2 Å². The maximum absolute atomic E-state index is 12.6. The van der Waals surface area contributed by atoms with Crippen molar-refractivity contribution in [1.82, 2.24) is 0 Å². The van der Waals surface area contributed by atoms with Crippen LogP contribution in [0.4, 0.5) is 0 Å². The van der Waals surface area contributed by atoms with Gasteiger partial charge in [0.1, 0.15) is 11.4 Å². The Morgan fingerprint density at radius 2 is 1.77 bits per heavy atom. The lowest BCUT2D eigenvalue weighted by Crippen LogP contribution is -2.48. The molecule has 22 heavy (non-hydrogen) atoms. The molecule has 0 aromatic carbocycles. The van der Waals surface area contributed by atoms with Crippen LogP contribution in [0.25, 0.3) is 0 Å². The second-order valence-electron chi connectivity index (χ2n) is 6.97. The molecule has 0 heterocycles. The highest BCUT2D eigenvalue weighted by atomic mass is 32.2. The Kier molecular flexibility index (Phi) is 8.26. The summed E-state index contributed by atoms with van der Waals surface area (Å²) in [7, 11) is -2.08. The van der Waals surface area contributed by atoms with Crippen molar-refractivity contribution in [2.45, 2.75) is 77.1 Å². The van der Waals surface area contributed by atoms with Gasteiger partial charge in [-0.15, -0.1) is 0 Å². The average Bonchev–Trinajstić information content (AvgIpc) is 2.33. The summed E-state index contributed by atoms with van der Waals surface area (Å²) in [5.74, 6) is -0.240. The summed E-state index contributed by atoms with van der Waals surface area (Å²) in [4.78, 5) is 24.0. The summed E-state index contributed by atoms with van der Waals surface area (Å²) in [6, 6.07) is 0. The molecule has 0 amide bonds. The highest BCUT2D eigenvalue weighted by Crippen LogP contribution is 2.37. The summed E-state index contributed by atoms with van der Waals surface area (Å²) in [5.41, 5.74) is 0. The SMILES string of the molecule is C/C=C/[C@H](O)[C@H](SC(C)=O)C(=O)[C@H](C)O[Si](C)(C)C(C)(C)C. The number of aliphatic hydroxyl groups is 1. The van der Waals surface area contributed by atoms with Crippen LogP contribution in [0.5, 0.6) is 0 Å². The minimum atomic E-state index is -2.08. The number of hydrogen-bond acceptors (Lipinski definition) is 5. The van der Waals surface area contributed by atoms with E-state index < -0.39 is 25.8 Å². The maximum atomic E-state index is 12.6. The molecule has 0 aliphatic carbocycles. The van der Waals surface area contributed by atoms with Crippen LogP contribution < -0.4 is 0 Å². The molecule has 0 bridgehead atoms. The molecule has 3 atom stereocenters. The molecule has 0 unspecified atom stereocenters. The summed E-state index contributed by atoms with van der Waals surface area (Å²) < 4.78 is 6.08. The van der Waals surface area contributed by atoms with Gasteiger partial charge in [0, 0.05) is 6.92 Å². The molecule has 0 rings (SSSR count). The molecule has 0 aromatic rings. The van der Waals surface area contributed by atoms with Gasteiger partial charge in [0.05, 0.1) is 6.10 Å². The largest absolute Gasteiger partial charge is 0.407 e. The van der Waals surface area contributed by atoms with Gasteiger partial charge in [-0.25, -0.2) is 0 Å². The van der Waals surface area contributed by atoms with Gasteiger partial charge in [0.2, 0.25) is 0 Å². The highest BCUT2D eigenvalue weighted by Gasteiger charge is 2.41. The van der Waals surface area contributed by atoms with E-state index in [1.165, 1.54) is 13.0 Å². The van der Waals surface area contributed by atoms with Crippen LogP contribution in [-0.4, -0.2) is 41.8 Å². The molecule has 1 N–H and O–H groups in total. The molecule has 0 saturated heterocycles. The Hall–Kier alpha value is -0.433. The molecule has 6 heteroatoms. The van der Waals surface area contributed by atoms with Gasteiger partial charge >= 0.3 is 0 Å². The minimum absolute atomic E-state index is 0.00725. The zero-order valence-electron chi connectivity index (χ0n) is 15.0. The third-order valence-electron chi connectivity index (χ3n) is 3.95. The number of aliphatic hydroxyl groups excluding tert-OH is 1. The second-order valence-corrected chi connectivity index (χ2v) is 13.0. The Labute approximate surface area is 139 Å². The van der Waals surface area contributed by atoms with Gasteiger partial charge in [0.25, 0.3) is 0 Å². The van der Waals surface area contributed by atoms with Crippen molar-refractivity contribution in [2.24, 2.45) is 0 Å². The highest BCUT2D eigenvalue weighted by molar-refractivity contribution is 8.14. The lowest BCUT2D eigenvalue weighted by molar-refractivity contribution is -0.126. The fourth-order valence-electron chi connectivity index (χ4n) is 1.68. The Morgan fingerprint density at radius 3 is 2.14 bits per heavy atom. The second kappa shape index (κ2) is 8.43. The van der Waals surface area contributed by atoms with Crippen LogP contribution in [0.2, 0.25) is 18.1 Å². The lowest BCUT2D eigenvalue weighted by atomic mass is 10.1. The number of rotatable bonds is 7. The zero-order chi connectivity index (χ0) is 17.7. The molecular formula is C16H30O4SSi. The number of carbonyl (C=O) groups excluding carboxylic acids is 2. The van der Waals surface area contributed by atoms with E-state index in [0.717, 1.165) is 11.8 Å². The first kappa shape index (κ1) is 21.6. The van der Waals surface area contributed by atoms with E-state index >= 15 is 0 Å². The molecule has 0 aliphatic rings. The van der Waals surface area contributed by atoms with Crippen molar-refractivity contribution >= 4 is 31.0 Å². The van der Waals surface area contributed by atoms with Crippen LogP contribution >= 0.6 is 11.8 Å². The molecule has 0 radical (unpaired) electrons. The molecule has 0 fully saturated rings. The predicted octanol–water partition coefficient (Wildman–Crippen LogP) is 3.55. The van der Waals surface area contributed by atoms with Gasteiger partial charge in [-0.05, 0) is 32.0 Å². The fraction of sp³-hybridized carbons (Fsp3) is 0.750. The summed E-state index contributed by atoms with van der Waals surface area (Å²) in [5, 5.41) is 9.08. The van der Waals surface area contributed by atoms with Gasteiger partial charge in [-0.2, -0.15) is 0 Å². The van der Waals surface area contributed by atoms with E-state index in [0.29, 0.717) is 0 Å². The Bertz CT molecular complexity index is 426. The number of allylic oxidation sites excluding steroid dienone is 1. The van der Waals surface area contributed by atoms with Gasteiger partial charge in [0.15, 0.2) is 19.2 Å². The van der Waals surface area contributed by atoms with E-state index in [4.69, 9.17) is 4.43 Å². The van der Waals surface area contributed by atoms with E-state index in [1.54, 1.807) is 19.9 Å². The molecule has 4 nitrogen and oxygen atoms in total. The molecule has 0 spiro atoms. The van der Waals surface area contributed by atoms with Crippen LogP contribution in [0.15, 0.2) is 12.2 Å². The van der Waals surface area contributed by atoms with Crippen molar-refractivity contribution in [1.29, 1.82) is 0 Å². The number of carbonyl (C=O) groups is 2. The van der Waals surface area contributed by atoms with Crippen molar-refractivity contribution in [2.75, 3.05) is 0 Å². The van der Waals surface area contributed by atoms with Gasteiger partial charge < -0.3 is 9.53 Å². The topological polar surface area (TPSA) is 63.6 Å². The molecular weight excluding hydrogens is 316 g/mol. The van der Waals surface area contributed by atoms with Crippen molar-refractivity contribution in [3.8, 4) is 0 Å². The van der Waals surface area contributed by atoms with Crippen LogP contribution in [0.1, 0.15) is 41.5 Å². The van der Waals surface area contributed by atoms with E-state index in [-0.39, 0.29) is 15.9 Å². The zero-order valence-corrected chi connectivity index (χ0v) is 16.8. The Balaban J connectivity index is 5.18. The molecule has 0 aromatic heterocycles. The first-order chi connectivity index (χ1) is 9.83. The molecule has 0 saturated carbocycles.